The van der Waals surface area contributed by atoms with Gasteiger partial charge >= 0.3 is 0 Å². The topological polar surface area (TPSA) is 34.0 Å². The van der Waals surface area contributed by atoms with Crippen molar-refractivity contribution in [1.82, 2.24) is 9.88 Å². The molecule has 0 saturated heterocycles. The van der Waals surface area contributed by atoms with Gasteiger partial charge in [0.05, 0.1) is 0 Å². The van der Waals surface area contributed by atoms with Gasteiger partial charge in [-0.25, -0.2) is 0 Å². The van der Waals surface area contributed by atoms with Crippen LogP contribution in [0, 0.1) is 5.92 Å². The van der Waals surface area contributed by atoms with Gasteiger partial charge in [0.1, 0.15) is 5.69 Å². The average Bonchev–Trinajstić information content (AvgIpc) is 2.47. The van der Waals surface area contributed by atoms with E-state index in [1.165, 1.54) is 0 Å². The van der Waals surface area contributed by atoms with E-state index in [1.54, 1.807) is 0 Å². The highest BCUT2D eigenvalue weighted by atomic mass is 16.1. The van der Waals surface area contributed by atoms with Gasteiger partial charge in [0.25, 0.3) is 5.91 Å². The van der Waals surface area contributed by atoms with Gasteiger partial charge in [-0.1, -0.05) is 13.8 Å². The molecule has 0 bridgehead atoms. The number of aryl methyl sites for hydroxylation is 1. The largest absolute Gasteiger partial charge is 0.351 e. The van der Waals surface area contributed by atoms with Gasteiger partial charge < -0.3 is 9.88 Å². The second-order valence-corrected chi connectivity index (χ2v) is 3.61. The number of carbonyl (C=O) groups excluding carboxylic acids is 1. The number of nitrogens with one attached hydrogen (secondary N) is 1. The van der Waals surface area contributed by atoms with E-state index in [-0.39, 0.29) is 5.91 Å². The zero-order valence-electron chi connectivity index (χ0n) is 8.37. The maximum absolute atomic E-state index is 11.5. The summed E-state index contributed by atoms with van der Waals surface area (Å²) in [5, 5.41) is 2.87. The molecular formula is C10H16N2O. The maximum Gasteiger partial charge on any atom is 0.267 e. The number of hydrogen-bond acceptors (Lipinski definition) is 1. The number of aromatic nitrogens is 1. The first-order valence-electron chi connectivity index (χ1n) is 4.50. The quantitative estimate of drug-likeness (QED) is 0.749. The molecule has 3 nitrogen and oxygen atoms in total. The summed E-state index contributed by atoms with van der Waals surface area (Å²) in [5.74, 6) is 0.491. The molecule has 1 aromatic heterocycles. The zero-order chi connectivity index (χ0) is 9.84. The van der Waals surface area contributed by atoms with Crippen molar-refractivity contribution in [3.63, 3.8) is 0 Å². The first-order valence-corrected chi connectivity index (χ1v) is 4.50. The Labute approximate surface area is 78.8 Å². The average molecular weight is 180 g/mol. The number of carbonyl (C=O) groups is 1. The van der Waals surface area contributed by atoms with Crippen molar-refractivity contribution >= 4 is 5.91 Å². The van der Waals surface area contributed by atoms with Crippen LogP contribution in [0.2, 0.25) is 0 Å². The van der Waals surface area contributed by atoms with Crippen LogP contribution in [0.1, 0.15) is 24.3 Å². The van der Waals surface area contributed by atoms with E-state index < -0.39 is 0 Å². The van der Waals surface area contributed by atoms with Crippen molar-refractivity contribution in [2.24, 2.45) is 13.0 Å². The Morgan fingerprint density at radius 1 is 1.62 bits per heavy atom. The van der Waals surface area contributed by atoms with E-state index in [0.29, 0.717) is 11.6 Å². The molecule has 3 heteroatoms. The van der Waals surface area contributed by atoms with Crippen LogP contribution in [0.3, 0.4) is 0 Å². The second kappa shape index (κ2) is 4.12. The molecule has 13 heavy (non-hydrogen) atoms. The summed E-state index contributed by atoms with van der Waals surface area (Å²) in [6, 6.07) is 3.68. The van der Waals surface area contributed by atoms with E-state index in [2.05, 4.69) is 19.2 Å². The van der Waals surface area contributed by atoms with Gasteiger partial charge in [-0.05, 0) is 18.1 Å². The van der Waals surface area contributed by atoms with Gasteiger partial charge in [-0.3, -0.25) is 4.79 Å². The van der Waals surface area contributed by atoms with Crippen LogP contribution in [-0.2, 0) is 7.05 Å². The minimum atomic E-state index is 0.00111. The fourth-order valence-corrected chi connectivity index (χ4v) is 1.08. The van der Waals surface area contributed by atoms with E-state index in [0.717, 1.165) is 6.54 Å². The molecule has 1 N–H and O–H groups in total. The first-order chi connectivity index (χ1) is 6.11. The lowest BCUT2D eigenvalue weighted by molar-refractivity contribution is 0.0941. The van der Waals surface area contributed by atoms with E-state index >= 15 is 0 Å². The molecule has 0 saturated carbocycles. The Balaban J connectivity index is 2.54. The van der Waals surface area contributed by atoms with Gasteiger partial charge in [-0.15, -0.1) is 0 Å². The molecule has 1 heterocycles. The molecule has 0 aliphatic carbocycles. The molecule has 0 spiro atoms. The summed E-state index contributed by atoms with van der Waals surface area (Å²) in [5.41, 5.74) is 0.709. The van der Waals surface area contributed by atoms with Gasteiger partial charge in [0.15, 0.2) is 0 Å². The normalized spacial score (nSPS) is 10.5. The molecule has 1 aromatic rings. The highest BCUT2D eigenvalue weighted by Gasteiger charge is 2.07. The molecule has 1 amide bonds. The lowest BCUT2D eigenvalue weighted by atomic mass is 10.2. The third kappa shape index (κ3) is 2.61. The summed E-state index contributed by atoms with van der Waals surface area (Å²) in [6.45, 7) is 4.88. The maximum atomic E-state index is 11.5. The molecule has 0 unspecified atom stereocenters. The lowest BCUT2D eigenvalue weighted by Crippen LogP contribution is -2.28. The Bertz CT molecular complexity index is 289. The van der Waals surface area contributed by atoms with E-state index in [1.807, 2.05) is 29.9 Å². The molecular weight excluding hydrogens is 164 g/mol. The standard InChI is InChI=1S/C10H16N2O/c1-8(2)7-11-10(13)9-5-4-6-12(9)3/h4-6,8H,7H2,1-3H3,(H,11,13). The Morgan fingerprint density at radius 2 is 2.31 bits per heavy atom. The molecule has 0 fully saturated rings. The smallest absolute Gasteiger partial charge is 0.267 e. The monoisotopic (exact) mass is 180 g/mol. The van der Waals surface area contributed by atoms with Crippen molar-refractivity contribution in [1.29, 1.82) is 0 Å². The second-order valence-electron chi connectivity index (χ2n) is 3.61. The lowest BCUT2D eigenvalue weighted by Gasteiger charge is -2.07. The number of amides is 1. The van der Waals surface area contributed by atoms with Crippen LogP contribution in [0.25, 0.3) is 0 Å². The van der Waals surface area contributed by atoms with Crippen LogP contribution in [0.5, 0.6) is 0 Å². The third-order valence-corrected chi connectivity index (χ3v) is 1.85. The summed E-state index contributed by atoms with van der Waals surface area (Å²) < 4.78 is 1.82. The highest BCUT2D eigenvalue weighted by Crippen LogP contribution is 1.99. The molecule has 0 atom stereocenters. The van der Waals surface area contributed by atoms with Crippen molar-refractivity contribution in [3.05, 3.63) is 24.0 Å². The van der Waals surface area contributed by atoms with Crippen LogP contribution in [0.4, 0.5) is 0 Å². The van der Waals surface area contributed by atoms with Crippen molar-refractivity contribution in [2.45, 2.75) is 13.8 Å². The number of nitrogens with zero attached hydrogens (tertiary/aromatic N) is 1. The third-order valence-electron chi connectivity index (χ3n) is 1.85. The predicted molar refractivity (Wildman–Crippen MR) is 52.6 cm³/mol. The summed E-state index contributed by atoms with van der Waals surface area (Å²) >= 11 is 0. The number of hydrogen-bond donors (Lipinski definition) is 1. The minimum absolute atomic E-state index is 0.00111. The summed E-state index contributed by atoms with van der Waals surface area (Å²) in [4.78, 5) is 11.5. The fourth-order valence-electron chi connectivity index (χ4n) is 1.08. The molecule has 0 radical (unpaired) electrons. The fraction of sp³-hybridized carbons (Fsp3) is 0.500. The van der Waals surface area contributed by atoms with Crippen LogP contribution in [-0.4, -0.2) is 17.0 Å². The molecule has 0 aliphatic rings. The van der Waals surface area contributed by atoms with E-state index in [4.69, 9.17) is 0 Å². The van der Waals surface area contributed by atoms with Crippen LogP contribution < -0.4 is 5.32 Å². The van der Waals surface area contributed by atoms with Crippen molar-refractivity contribution < 1.29 is 4.79 Å². The highest BCUT2D eigenvalue weighted by molar-refractivity contribution is 5.92. The summed E-state index contributed by atoms with van der Waals surface area (Å²) in [7, 11) is 1.87. The van der Waals surface area contributed by atoms with Crippen molar-refractivity contribution in [2.75, 3.05) is 6.54 Å². The number of rotatable bonds is 3. The predicted octanol–water partition coefficient (Wildman–Crippen LogP) is 1.41. The van der Waals surface area contributed by atoms with Crippen molar-refractivity contribution in [3.8, 4) is 0 Å². The summed E-state index contributed by atoms with van der Waals surface area (Å²) in [6.07, 6.45) is 1.87. The SMILES string of the molecule is CC(C)CNC(=O)c1cccn1C. The van der Waals surface area contributed by atoms with Crippen LogP contribution in [0.15, 0.2) is 18.3 Å². The molecule has 72 valence electrons. The van der Waals surface area contributed by atoms with Gasteiger partial charge in [0.2, 0.25) is 0 Å². The zero-order valence-corrected chi connectivity index (χ0v) is 8.37. The van der Waals surface area contributed by atoms with Gasteiger partial charge in [-0.2, -0.15) is 0 Å². The van der Waals surface area contributed by atoms with Gasteiger partial charge in [0, 0.05) is 19.8 Å². The Hall–Kier alpha value is -1.25. The Kier molecular flexibility index (Phi) is 3.12. The molecule has 1 rings (SSSR count). The first kappa shape index (κ1) is 9.84. The minimum Gasteiger partial charge on any atom is -0.351 e. The van der Waals surface area contributed by atoms with E-state index in [9.17, 15) is 4.79 Å². The van der Waals surface area contributed by atoms with Crippen LogP contribution >= 0.6 is 0 Å². The molecule has 0 aliphatic heterocycles. The molecule has 0 aromatic carbocycles. The Morgan fingerprint density at radius 3 is 2.77 bits per heavy atom.